The first-order chi connectivity index (χ1) is 9.00. The van der Waals surface area contributed by atoms with Gasteiger partial charge in [0, 0.05) is 5.92 Å². The van der Waals surface area contributed by atoms with E-state index in [4.69, 9.17) is 9.47 Å². The molecule has 0 aromatic rings. The van der Waals surface area contributed by atoms with Crippen molar-refractivity contribution in [3.63, 3.8) is 0 Å². The lowest BCUT2D eigenvalue weighted by atomic mass is 9.67. The van der Waals surface area contributed by atoms with E-state index < -0.39 is 11.0 Å². The van der Waals surface area contributed by atoms with Gasteiger partial charge in [0.15, 0.2) is 11.4 Å². The lowest BCUT2D eigenvalue weighted by Gasteiger charge is -2.36. The number of carbonyl (C=O) groups is 2. The van der Waals surface area contributed by atoms with Gasteiger partial charge in [-0.25, -0.2) is 4.79 Å². The zero-order chi connectivity index (χ0) is 13.4. The largest absolute Gasteiger partial charge is 0.459 e. The van der Waals surface area contributed by atoms with Crippen LogP contribution in [0.3, 0.4) is 0 Å². The van der Waals surface area contributed by atoms with Crippen LogP contribution in [0.2, 0.25) is 0 Å². The smallest absolute Gasteiger partial charge is 0.341 e. The fourth-order valence-electron chi connectivity index (χ4n) is 4.50. The minimum Gasteiger partial charge on any atom is -0.459 e. The molecule has 4 rings (SSSR count). The van der Waals surface area contributed by atoms with Gasteiger partial charge >= 0.3 is 5.97 Å². The Labute approximate surface area is 112 Å². The minimum absolute atomic E-state index is 0.0429. The Bertz CT molecular complexity index is 504. The molecular weight excluding hydrogens is 244 g/mol. The molecule has 0 aromatic carbocycles. The summed E-state index contributed by atoms with van der Waals surface area (Å²) >= 11 is 0. The third kappa shape index (κ3) is 1.19. The molecule has 4 nitrogen and oxygen atoms in total. The van der Waals surface area contributed by atoms with Gasteiger partial charge in [-0.3, -0.25) is 4.79 Å². The SMILES string of the molecule is C[C@H]1CC[C@@H]2[C@@H](OC(=O)[C@]23CO3)[C@]2(C)C(=O)C=C[C@@H]12. The molecule has 3 fully saturated rings. The van der Waals surface area contributed by atoms with Crippen LogP contribution in [0.25, 0.3) is 0 Å². The molecule has 0 N–H and O–H groups in total. The predicted octanol–water partition coefficient (Wildman–Crippen LogP) is 1.49. The fraction of sp³-hybridized carbons (Fsp3) is 0.733. The highest BCUT2D eigenvalue weighted by Crippen LogP contribution is 2.59. The summed E-state index contributed by atoms with van der Waals surface area (Å²) in [5.41, 5.74) is -1.31. The van der Waals surface area contributed by atoms with Crippen molar-refractivity contribution >= 4 is 11.8 Å². The highest BCUT2D eigenvalue weighted by Gasteiger charge is 2.72. The van der Waals surface area contributed by atoms with E-state index in [-0.39, 0.29) is 29.7 Å². The summed E-state index contributed by atoms with van der Waals surface area (Å²) in [6.07, 6.45) is 5.30. The van der Waals surface area contributed by atoms with Gasteiger partial charge in [0.1, 0.15) is 6.10 Å². The molecule has 0 unspecified atom stereocenters. The van der Waals surface area contributed by atoms with E-state index in [1.165, 1.54) is 0 Å². The number of ether oxygens (including phenoxy) is 2. The van der Waals surface area contributed by atoms with E-state index in [0.717, 1.165) is 12.8 Å². The molecule has 2 aliphatic carbocycles. The van der Waals surface area contributed by atoms with Crippen molar-refractivity contribution < 1.29 is 19.1 Å². The molecular formula is C15H18O4. The number of fused-ring (bicyclic) bond motifs is 4. The van der Waals surface area contributed by atoms with Crippen LogP contribution in [0.5, 0.6) is 0 Å². The summed E-state index contributed by atoms with van der Waals surface area (Å²) in [5, 5.41) is 0. The van der Waals surface area contributed by atoms with Crippen LogP contribution in [0.15, 0.2) is 12.2 Å². The summed E-state index contributed by atoms with van der Waals surface area (Å²) in [7, 11) is 0. The Hall–Kier alpha value is -1.16. The van der Waals surface area contributed by atoms with Gasteiger partial charge in [-0.15, -0.1) is 0 Å². The third-order valence-corrected chi connectivity index (χ3v) is 5.81. The third-order valence-electron chi connectivity index (χ3n) is 5.81. The van der Waals surface area contributed by atoms with Crippen LogP contribution in [0.4, 0.5) is 0 Å². The predicted molar refractivity (Wildman–Crippen MR) is 66.2 cm³/mol. The molecule has 19 heavy (non-hydrogen) atoms. The normalized spacial score (nSPS) is 54.8. The summed E-state index contributed by atoms with van der Waals surface area (Å²) in [6, 6.07) is 0. The molecule has 4 heteroatoms. The van der Waals surface area contributed by atoms with Crippen molar-refractivity contribution in [2.75, 3.05) is 6.61 Å². The van der Waals surface area contributed by atoms with Gasteiger partial charge in [-0.05, 0) is 37.7 Å². The molecule has 2 heterocycles. The fourth-order valence-corrected chi connectivity index (χ4v) is 4.50. The molecule has 0 bridgehead atoms. The van der Waals surface area contributed by atoms with E-state index in [1.807, 2.05) is 13.0 Å². The molecule has 1 saturated carbocycles. The summed E-state index contributed by atoms with van der Waals surface area (Å²) in [6.45, 7) is 4.62. The van der Waals surface area contributed by atoms with Gasteiger partial charge in [0.2, 0.25) is 0 Å². The van der Waals surface area contributed by atoms with Crippen LogP contribution in [-0.2, 0) is 19.1 Å². The average Bonchev–Trinajstić information content (AvgIpc) is 3.06. The summed E-state index contributed by atoms with van der Waals surface area (Å²) in [4.78, 5) is 24.5. The second-order valence-electron chi connectivity index (χ2n) is 6.70. The number of carbonyl (C=O) groups excluding carboxylic acids is 2. The molecule has 102 valence electrons. The molecule has 2 aliphatic heterocycles. The van der Waals surface area contributed by atoms with E-state index in [9.17, 15) is 9.59 Å². The summed E-state index contributed by atoms with van der Waals surface area (Å²) in [5.74, 6) is 0.509. The number of hydrogen-bond acceptors (Lipinski definition) is 4. The number of hydrogen-bond donors (Lipinski definition) is 0. The van der Waals surface area contributed by atoms with E-state index in [2.05, 4.69) is 6.92 Å². The van der Waals surface area contributed by atoms with E-state index >= 15 is 0 Å². The monoisotopic (exact) mass is 262 g/mol. The van der Waals surface area contributed by atoms with Crippen molar-refractivity contribution in [2.45, 2.75) is 38.4 Å². The first kappa shape index (κ1) is 11.6. The molecule has 0 radical (unpaired) electrons. The van der Waals surface area contributed by atoms with Gasteiger partial charge in [0.05, 0.1) is 12.0 Å². The van der Waals surface area contributed by atoms with Crippen molar-refractivity contribution in [3.8, 4) is 0 Å². The first-order valence-electron chi connectivity index (χ1n) is 7.08. The van der Waals surface area contributed by atoms with Crippen LogP contribution in [0.1, 0.15) is 26.7 Å². The highest BCUT2D eigenvalue weighted by atomic mass is 16.7. The van der Waals surface area contributed by atoms with Gasteiger partial charge in [-0.1, -0.05) is 13.0 Å². The molecule has 0 amide bonds. The Kier molecular flexibility index (Phi) is 2.02. The molecule has 2 saturated heterocycles. The van der Waals surface area contributed by atoms with Crippen LogP contribution < -0.4 is 0 Å². The molecule has 4 aliphatic rings. The number of ketones is 1. The zero-order valence-corrected chi connectivity index (χ0v) is 11.2. The molecule has 1 spiro atoms. The van der Waals surface area contributed by atoms with Crippen molar-refractivity contribution in [3.05, 3.63) is 12.2 Å². The minimum atomic E-state index is -0.717. The highest BCUT2D eigenvalue weighted by molar-refractivity contribution is 5.99. The second kappa shape index (κ2) is 3.29. The van der Waals surface area contributed by atoms with Crippen LogP contribution in [-0.4, -0.2) is 30.1 Å². The van der Waals surface area contributed by atoms with Crippen molar-refractivity contribution in [1.82, 2.24) is 0 Å². The number of allylic oxidation sites excluding steroid dienone is 2. The van der Waals surface area contributed by atoms with Crippen molar-refractivity contribution in [2.24, 2.45) is 23.2 Å². The number of epoxide rings is 1. The lowest BCUT2D eigenvalue weighted by Crippen LogP contribution is -2.46. The molecule has 0 aromatic heterocycles. The number of rotatable bonds is 0. The lowest BCUT2D eigenvalue weighted by molar-refractivity contribution is -0.153. The van der Waals surface area contributed by atoms with Crippen LogP contribution >= 0.6 is 0 Å². The standard InChI is InChI=1S/C15H18O4/c1-8-3-4-10-12(19-13(17)15(10)7-18-15)14(2)9(8)5-6-11(14)16/h5-6,8-10,12H,3-4,7H2,1-2H3/t8-,9-,10+,12+,14-,15-/m0/s1. The van der Waals surface area contributed by atoms with Crippen LogP contribution in [0, 0.1) is 23.2 Å². The topological polar surface area (TPSA) is 55.9 Å². The second-order valence-corrected chi connectivity index (χ2v) is 6.70. The number of esters is 1. The van der Waals surface area contributed by atoms with E-state index in [0.29, 0.717) is 12.5 Å². The Balaban J connectivity index is 1.82. The maximum Gasteiger partial charge on any atom is 0.341 e. The first-order valence-corrected chi connectivity index (χ1v) is 7.08. The Morgan fingerprint density at radius 2 is 2.05 bits per heavy atom. The van der Waals surface area contributed by atoms with Gasteiger partial charge in [0.25, 0.3) is 0 Å². The Morgan fingerprint density at radius 3 is 2.74 bits per heavy atom. The average molecular weight is 262 g/mol. The summed E-state index contributed by atoms with van der Waals surface area (Å²) < 4.78 is 11.1. The molecule has 6 atom stereocenters. The Morgan fingerprint density at radius 1 is 1.32 bits per heavy atom. The maximum atomic E-state index is 12.4. The van der Waals surface area contributed by atoms with E-state index in [1.54, 1.807) is 6.08 Å². The zero-order valence-electron chi connectivity index (χ0n) is 11.2. The van der Waals surface area contributed by atoms with Crippen molar-refractivity contribution in [1.29, 1.82) is 0 Å². The quantitative estimate of drug-likeness (QED) is 0.490. The van der Waals surface area contributed by atoms with Gasteiger partial charge in [-0.2, -0.15) is 0 Å². The van der Waals surface area contributed by atoms with Gasteiger partial charge < -0.3 is 9.47 Å². The maximum absolute atomic E-state index is 12.4.